The van der Waals surface area contributed by atoms with Crippen LogP contribution in [0.25, 0.3) is 0 Å². The summed E-state index contributed by atoms with van der Waals surface area (Å²) in [5, 5.41) is 6.98. The van der Waals surface area contributed by atoms with Gasteiger partial charge in [0, 0.05) is 6.07 Å². The summed E-state index contributed by atoms with van der Waals surface area (Å²) in [5.41, 5.74) is 0. The highest BCUT2D eigenvalue weighted by Crippen LogP contribution is 2.21. The molecule has 0 saturated carbocycles. The quantitative estimate of drug-likeness (QED) is 0.933. The molecule has 1 aromatic carbocycles. The Hall–Kier alpha value is -1.66. The minimum absolute atomic E-state index is 0. The second-order valence-corrected chi connectivity index (χ2v) is 4.09. The van der Waals surface area contributed by atoms with Gasteiger partial charge in [0.2, 0.25) is 11.7 Å². The molecule has 1 N–H and O–H groups in total. The molecule has 5 nitrogen and oxygen atoms in total. The first-order valence-electron chi connectivity index (χ1n) is 5.75. The zero-order chi connectivity index (χ0) is 12.4. The fourth-order valence-corrected chi connectivity index (χ4v) is 1.67. The summed E-state index contributed by atoms with van der Waals surface area (Å²) in [5.74, 6) is 1.16. The fraction of sp³-hybridized carbons (Fsp3) is 0.333. The van der Waals surface area contributed by atoms with E-state index in [-0.39, 0.29) is 30.9 Å². The molecule has 19 heavy (non-hydrogen) atoms. The van der Waals surface area contributed by atoms with Crippen LogP contribution in [-0.4, -0.2) is 16.7 Å². The molecule has 0 aliphatic carbocycles. The van der Waals surface area contributed by atoms with Gasteiger partial charge in [0.1, 0.15) is 11.6 Å². The van der Waals surface area contributed by atoms with Crippen molar-refractivity contribution < 1.29 is 13.7 Å². The fourth-order valence-electron chi connectivity index (χ4n) is 1.67. The van der Waals surface area contributed by atoms with Gasteiger partial charge in [-0.1, -0.05) is 11.2 Å². The minimum Gasteiger partial charge on any atom is -0.485 e. The molecule has 2 heterocycles. The van der Waals surface area contributed by atoms with Gasteiger partial charge in [0.25, 0.3) is 0 Å². The van der Waals surface area contributed by atoms with Gasteiger partial charge in [-0.15, -0.1) is 12.4 Å². The van der Waals surface area contributed by atoms with Crippen molar-refractivity contribution in [2.75, 3.05) is 6.54 Å². The van der Waals surface area contributed by atoms with Crippen LogP contribution < -0.4 is 10.1 Å². The van der Waals surface area contributed by atoms with Crippen LogP contribution >= 0.6 is 12.4 Å². The summed E-state index contributed by atoms with van der Waals surface area (Å²) in [6.07, 6.45) is 1.01. The predicted molar refractivity (Wildman–Crippen MR) is 67.6 cm³/mol. The van der Waals surface area contributed by atoms with Crippen LogP contribution in [-0.2, 0) is 6.61 Å². The number of benzene rings is 1. The van der Waals surface area contributed by atoms with Crippen molar-refractivity contribution in [3.8, 4) is 5.75 Å². The Bertz CT molecular complexity index is 545. The predicted octanol–water partition coefficient (Wildman–Crippen LogP) is 2.24. The van der Waals surface area contributed by atoms with Crippen molar-refractivity contribution >= 4 is 12.4 Å². The van der Waals surface area contributed by atoms with E-state index >= 15 is 0 Å². The van der Waals surface area contributed by atoms with E-state index < -0.39 is 0 Å². The number of rotatable bonds is 4. The highest BCUT2D eigenvalue weighted by atomic mass is 35.5. The van der Waals surface area contributed by atoms with E-state index in [0.29, 0.717) is 17.5 Å². The Labute approximate surface area is 115 Å². The lowest BCUT2D eigenvalue weighted by molar-refractivity contribution is 0.264. The molecule has 1 aliphatic heterocycles. The molecular weight excluding hydrogens is 273 g/mol. The highest BCUT2D eigenvalue weighted by Gasteiger charge is 2.24. The third-order valence-corrected chi connectivity index (χ3v) is 2.77. The van der Waals surface area contributed by atoms with Crippen LogP contribution in [0.2, 0.25) is 0 Å². The van der Waals surface area contributed by atoms with Crippen molar-refractivity contribution in [1.82, 2.24) is 15.5 Å². The average Bonchev–Trinajstić information content (AvgIpc) is 2.73. The van der Waals surface area contributed by atoms with E-state index in [4.69, 9.17) is 9.26 Å². The van der Waals surface area contributed by atoms with Crippen LogP contribution in [0, 0.1) is 5.82 Å². The van der Waals surface area contributed by atoms with Crippen molar-refractivity contribution in [2.45, 2.75) is 19.1 Å². The van der Waals surface area contributed by atoms with E-state index in [2.05, 4.69) is 15.5 Å². The maximum atomic E-state index is 12.9. The van der Waals surface area contributed by atoms with Crippen LogP contribution in [0.1, 0.15) is 24.2 Å². The number of halogens is 2. The van der Waals surface area contributed by atoms with E-state index in [0.717, 1.165) is 13.0 Å². The second kappa shape index (κ2) is 5.99. The highest BCUT2D eigenvalue weighted by molar-refractivity contribution is 5.85. The van der Waals surface area contributed by atoms with Gasteiger partial charge in [-0.05, 0) is 25.1 Å². The number of hydrogen-bond donors (Lipinski definition) is 1. The third-order valence-electron chi connectivity index (χ3n) is 2.77. The Morgan fingerprint density at radius 3 is 3.00 bits per heavy atom. The first kappa shape index (κ1) is 13.8. The molecule has 102 valence electrons. The first-order chi connectivity index (χ1) is 8.81. The van der Waals surface area contributed by atoms with Gasteiger partial charge in [-0.25, -0.2) is 4.39 Å². The van der Waals surface area contributed by atoms with Gasteiger partial charge in [-0.2, -0.15) is 4.98 Å². The molecule has 1 atom stereocenters. The SMILES string of the molecule is Cl.Fc1cccc(OCc2noc([C@H]3CCN3)n2)c1. The number of aromatic nitrogens is 2. The molecule has 1 aromatic heterocycles. The lowest BCUT2D eigenvalue weighted by Crippen LogP contribution is -2.35. The van der Waals surface area contributed by atoms with Crippen molar-refractivity contribution in [1.29, 1.82) is 0 Å². The Kier molecular flexibility index (Phi) is 4.34. The summed E-state index contributed by atoms with van der Waals surface area (Å²) in [7, 11) is 0. The van der Waals surface area contributed by atoms with Gasteiger partial charge in [-0.3, -0.25) is 0 Å². The molecule has 0 spiro atoms. The molecule has 7 heteroatoms. The van der Waals surface area contributed by atoms with E-state index in [1.807, 2.05) is 0 Å². The monoisotopic (exact) mass is 285 g/mol. The van der Waals surface area contributed by atoms with Gasteiger partial charge in [0.15, 0.2) is 6.61 Å². The van der Waals surface area contributed by atoms with E-state index in [1.165, 1.54) is 12.1 Å². The smallest absolute Gasteiger partial charge is 0.243 e. The first-order valence-corrected chi connectivity index (χ1v) is 5.75. The summed E-state index contributed by atoms with van der Waals surface area (Å²) in [4.78, 5) is 4.21. The van der Waals surface area contributed by atoms with Crippen LogP contribution in [0.15, 0.2) is 28.8 Å². The largest absolute Gasteiger partial charge is 0.485 e. The molecular formula is C12H13ClFN3O2. The third kappa shape index (κ3) is 3.21. The average molecular weight is 286 g/mol. The van der Waals surface area contributed by atoms with Gasteiger partial charge >= 0.3 is 0 Å². The molecule has 0 bridgehead atoms. The lowest BCUT2D eigenvalue weighted by Gasteiger charge is -2.23. The van der Waals surface area contributed by atoms with Crippen LogP contribution in [0.5, 0.6) is 5.75 Å². The Morgan fingerprint density at radius 2 is 2.32 bits per heavy atom. The standard InChI is InChI=1S/C12H12FN3O2.ClH/c13-8-2-1-3-9(6-8)17-7-11-15-12(18-16-11)10-4-5-14-10;/h1-3,6,10,14H,4-5,7H2;1H/t10-;/m1./s1. The van der Waals surface area contributed by atoms with Crippen molar-refractivity contribution in [2.24, 2.45) is 0 Å². The van der Waals surface area contributed by atoms with Crippen LogP contribution in [0.4, 0.5) is 4.39 Å². The number of hydrogen-bond acceptors (Lipinski definition) is 5. The molecule has 2 aromatic rings. The Balaban J connectivity index is 0.00000133. The number of nitrogens with zero attached hydrogens (tertiary/aromatic N) is 2. The summed E-state index contributed by atoms with van der Waals surface area (Å²) in [6, 6.07) is 6.11. The van der Waals surface area contributed by atoms with Crippen molar-refractivity contribution in [3.63, 3.8) is 0 Å². The second-order valence-electron chi connectivity index (χ2n) is 4.09. The normalized spacial score (nSPS) is 17.4. The zero-order valence-corrected chi connectivity index (χ0v) is 10.8. The van der Waals surface area contributed by atoms with Gasteiger partial charge < -0.3 is 14.6 Å². The molecule has 0 amide bonds. The summed E-state index contributed by atoms with van der Waals surface area (Å²) < 4.78 is 23.4. The maximum absolute atomic E-state index is 12.9. The summed E-state index contributed by atoms with van der Waals surface area (Å²) >= 11 is 0. The molecule has 0 radical (unpaired) electrons. The van der Waals surface area contributed by atoms with Crippen molar-refractivity contribution in [3.05, 3.63) is 41.8 Å². The molecule has 1 fully saturated rings. The van der Waals surface area contributed by atoms with E-state index in [1.54, 1.807) is 12.1 Å². The van der Waals surface area contributed by atoms with Gasteiger partial charge in [0.05, 0.1) is 6.04 Å². The molecule has 1 aliphatic rings. The molecule has 0 unspecified atom stereocenters. The minimum atomic E-state index is -0.333. The zero-order valence-electron chi connectivity index (χ0n) is 10.0. The topological polar surface area (TPSA) is 60.2 Å². The van der Waals surface area contributed by atoms with Crippen LogP contribution in [0.3, 0.4) is 0 Å². The molecule has 3 rings (SSSR count). The number of ether oxygens (including phenoxy) is 1. The summed E-state index contributed by atoms with van der Waals surface area (Å²) in [6.45, 7) is 1.14. The lowest BCUT2D eigenvalue weighted by atomic mass is 10.1. The van der Waals surface area contributed by atoms with E-state index in [9.17, 15) is 4.39 Å². The Morgan fingerprint density at radius 1 is 1.47 bits per heavy atom. The number of nitrogens with one attached hydrogen (secondary N) is 1. The molecule has 1 saturated heterocycles. The maximum Gasteiger partial charge on any atom is 0.243 e.